The molecule has 0 radical (unpaired) electrons. The molecular formula is C14H12FNO2. The maximum Gasteiger partial charge on any atom is 0.165 e. The number of carbonyl (C=O) groups is 1. The van der Waals surface area contributed by atoms with Crippen molar-refractivity contribution in [3.05, 3.63) is 59.7 Å². The van der Waals surface area contributed by atoms with Gasteiger partial charge < -0.3 is 4.74 Å². The van der Waals surface area contributed by atoms with Crippen LogP contribution in [0, 0.1) is 5.82 Å². The minimum atomic E-state index is -0.543. The third-order valence-corrected chi connectivity index (χ3v) is 2.44. The Morgan fingerprint density at radius 2 is 2.17 bits per heavy atom. The summed E-state index contributed by atoms with van der Waals surface area (Å²) in [4.78, 5) is 15.1. The number of hydrogen-bond acceptors (Lipinski definition) is 3. The zero-order valence-corrected chi connectivity index (χ0v) is 9.89. The van der Waals surface area contributed by atoms with Crippen LogP contribution >= 0.6 is 0 Å². The number of benzene rings is 1. The third-order valence-electron chi connectivity index (χ3n) is 2.44. The lowest BCUT2D eigenvalue weighted by molar-refractivity contribution is 0.101. The number of hydrogen-bond donors (Lipinski definition) is 0. The van der Waals surface area contributed by atoms with Gasteiger partial charge in [0.25, 0.3) is 0 Å². The molecular weight excluding hydrogens is 233 g/mol. The summed E-state index contributed by atoms with van der Waals surface area (Å²) in [5.74, 6) is -0.602. The van der Waals surface area contributed by atoms with E-state index in [1.54, 1.807) is 24.4 Å². The van der Waals surface area contributed by atoms with Gasteiger partial charge in [0, 0.05) is 11.8 Å². The van der Waals surface area contributed by atoms with Crippen molar-refractivity contribution in [3.63, 3.8) is 0 Å². The third kappa shape index (κ3) is 2.91. The summed E-state index contributed by atoms with van der Waals surface area (Å²) in [5, 5.41) is 0. The molecule has 0 atom stereocenters. The summed E-state index contributed by atoms with van der Waals surface area (Å²) < 4.78 is 18.9. The van der Waals surface area contributed by atoms with Crippen LogP contribution in [0.1, 0.15) is 23.0 Å². The summed E-state index contributed by atoms with van der Waals surface area (Å²) in [6.07, 6.45) is 1.65. The smallest absolute Gasteiger partial charge is 0.165 e. The van der Waals surface area contributed by atoms with Gasteiger partial charge in [-0.15, -0.1) is 0 Å². The molecule has 0 aliphatic rings. The van der Waals surface area contributed by atoms with E-state index in [1.165, 1.54) is 19.1 Å². The van der Waals surface area contributed by atoms with Gasteiger partial charge in [-0.05, 0) is 37.3 Å². The lowest BCUT2D eigenvalue weighted by Crippen LogP contribution is -2.00. The Kier molecular flexibility index (Phi) is 3.67. The first-order valence-electron chi connectivity index (χ1n) is 5.50. The molecule has 2 aromatic rings. The van der Waals surface area contributed by atoms with Gasteiger partial charge in [0.2, 0.25) is 0 Å². The number of aromatic nitrogens is 1. The number of carbonyl (C=O) groups excluding carboxylic acids is 1. The predicted octanol–water partition coefficient (Wildman–Crippen LogP) is 3.00. The molecule has 1 aromatic carbocycles. The van der Waals surface area contributed by atoms with Crippen molar-refractivity contribution in [3.8, 4) is 5.75 Å². The van der Waals surface area contributed by atoms with E-state index in [4.69, 9.17) is 4.74 Å². The van der Waals surface area contributed by atoms with Crippen molar-refractivity contribution in [2.45, 2.75) is 13.5 Å². The van der Waals surface area contributed by atoms with Crippen LogP contribution in [0.15, 0.2) is 42.6 Å². The van der Waals surface area contributed by atoms with Crippen molar-refractivity contribution in [2.24, 2.45) is 0 Å². The molecule has 0 N–H and O–H groups in total. The number of ether oxygens (including phenoxy) is 1. The number of Topliss-reactive ketones (excluding diaryl/α,β-unsaturated/α-hetero) is 1. The van der Waals surface area contributed by atoms with Gasteiger partial charge >= 0.3 is 0 Å². The Balaban J connectivity index is 2.08. The van der Waals surface area contributed by atoms with E-state index >= 15 is 0 Å². The highest BCUT2D eigenvalue weighted by atomic mass is 19.1. The molecule has 0 saturated heterocycles. The summed E-state index contributed by atoms with van der Waals surface area (Å²) >= 11 is 0. The quantitative estimate of drug-likeness (QED) is 0.777. The second-order valence-corrected chi connectivity index (χ2v) is 3.81. The highest BCUT2D eigenvalue weighted by molar-refractivity contribution is 5.94. The lowest BCUT2D eigenvalue weighted by atomic mass is 10.1. The van der Waals surface area contributed by atoms with Gasteiger partial charge in [-0.25, -0.2) is 4.39 Å². The second kappa shape index (κ2) is 5.40. The first kappa shape index (κ1) is 12.2. The summed E-state index contributed by atoms with van der Waals surface area (Å²) in [6.45, 7) is 1.58. The highest BCUT2D eigenvalue weighted by Gasteiger charge is 2.07. The van der Waals surface area contributed by atoms with Gasteiger partial charge in [-0.1, -0.05) is 6.07 Å². The van der Waals surface area contributed by atoms with Gasteiger partial charge in [0.1, 0.15) is 6.61 Å². The molecule has 2 rings (SSSR count). The zero-order valence-electron chi connectivity index (χ0n) is 9.89. The van der Waals surface area contributed by atoms with E-state index in [0.29, 0.717) is 11.3 Å². The van der Waals surface area contributed by atoms with Crippen LogP contribution in [0.5, 0.6) is 5.75 Å². The molecule has 0 aliphatic carbocycles. The molecule has 92 valence electrons. The summed E-state index contributed by atoms with van der Waals surface area (Å²) in [6, 6.07) is 9.60. The van der Waals surface area contributed by atoms with Crippen LogP contribution in [0.4, 0.5) is 4.39 Å². The standard InChI is InChI=1S/C14H12FNO2/c1-10(17)11-5-6-14(13(15)8-11)18-9-12-4-2-3-7-16-12/h2-8H,9H2,1H3. The highest BCUT2D eigenvalue weighted by Crippen LogP contribution is 2.19. The van der Waals surface area contributed by atoms with Gasteiger partial charge in [0.05, 0.1) is 5.69 Å². The number of rotatable bonds is 4. The second-order valence-electron chi connectivity index (χ2n) is 3.81. The average Bonchev–Trinajstić information content (AvgIpc) is 2.38. The van der Waals surface area contributed by atoms with E-state index in [-0.39, 0.29) is 18.1 Å². The monoisotopic (exact) mass is 245 g/mol. The molecule has 0 unspecified atom stereocenters. The van der Waals surface area contributed by atoms with Gasteiger partial charge in [0.15, 0.2) is 17.3 Å². The molecule has 1 aromatic heterocycles. The number of nitrogens with zero attached hydrogens (tertiary/aromatic N) is 1. The number of pyridine rings is 1. The van der Waals surface area contributed by atoms with E-state index in [0.717, 1.165) is 0 Å². The topological polar surface area (TPSA) is 39.2 Å². The Bertz CT molecular complexity index is 555. The van der Waals surface area contributed by atoms with E-state index in [9.17, 15) is 9.18 Å². The Hall–Kier alpha value is -2.23. The number of ketones is 1. The minimum Gasteiger partial charge on any atom is -0.484 e. The van der Waals surface area contributed by atoms with E-state index in [2.05, 4.69) is 4.98 Å². The SMILES string of the molecule is CC(=O)c1ccc(OCc2ccccn2)c(F)c1. The molecule has 18 heavy (non-hydrogen) atoms. The van der Waals surface area contributed by atoms with Crippen LogP contribution in [-0.2, 0) is 6.61 Å². The molecule has 0 saturated carbocycles. The Morgan fingerprint density at radius 1 is 1.33 bits per heavy atom. The maximum atomic E-state index is 13.6. The average molecular weight is 245 g/mol. The van der Waals surface area contributed by atoms with Crippen molar-refractivity contribution in [1.82, 2.24) is 4.98 Å². The first-order valence-corrected chi connectivity index (χ1v) is 5.50. The van der Waals surface area contributed by atoms with Gasteiger partial charge in [-0.2, -0.15) is 0 Å². The number of halogens is 1. The lowest BCUT2D eigenvalue weighted by Gasteiger charge is -2.07. The summed E-state index contributed by atoms with van der Waals surface area (Å²) in [5.41, 5.74) is 1.05. The zero-order chi connectivity index (χ0) is 13.0. The normalized spacial score (nSPS) is 10.1. The predicted molar refractivity (Wildman–Crippen MR) is 65.0 cm³/mol. The fourth-order valence-electron chi connectivity index (χ4n) is 1.47. The molecule has 0 spiro atoms. The van der Waals surface area contributed by atoms with E-state index in [1.807, 2.05) is 6.07 Å². The Morgan fingerprint density at radius 3 is 2.78 bits per heavy atom. The van der Waals surface area contributed by atoms with Crippen molar-refractivity contribution in [2.75, 3.05) is 0 Å². The fraction of sp³-hybridized carbons (Fsp3) is 0.143. The van der Waals surface area contributed by atoms with Crippen LogP contribution in [0.25, 0.3) is 0 Å². The molecule has 4 heteroatoms. The fourth-order valence-corrected chi connectivity index (χ4v) is 1.47. The maximum absolute atomic E-state index is 13.6. The molecule has 0 amide bonds. The molecule has 0 bridgehead atoms. The summed E-state index contributed by atoms with van der Waals surface area (Å²) in [7, 11) is 0. The Labute approximate surface area is 104 Å². The van der Waals surface area contributed by atoms with Crippen molar-refractivity contribution in [1.29, 1.82) is 0 Å². The first-order chi connectivity index (χ1) is 8.66. The molecule has 0 aliphatic heterocycles. The largest absolute Gasteiger partial charge is 0.484 e. The van der Waals surface area contributed by atoms with Crippen molar-refractivity contribution >= 4 is 5.78 Å². The molecule has 3 nitrogen and oxygen atoms in total. The van der Waals surface area contributed by atoms with Crippen LogP contribution in [0.2, 0.25) is 0 Å². The molecule has 0 fully saturated rings. The molecule has 1 heterocycles. The van der Waals surface area contributed by atoms with Crippen LogP contribution in [-0.4, -0.2) is 10.8 Å². The van der Waals surface area contributed by atoms with Gasteiger partial charge in [-0.3, -0.25) is 9.78 Å². The van der Waals surface area contributed by atoms with Crippen molar-refractivity contribution < 1.29 is 13.9 Å². The minimum absolute atomic E-state index is 0.116. The van der Waals surface area contributed by atoms with E-state index < -0.39 is 5.82 Å². The van der Waals surface area contributed by atoms with Crippen LogP contribution < -0.4 is 4.74 Å². The van der Waals surface area contributed by atoms with Crippen LogP contribution in [0.3, 0.4) is 0 Å².